The summed E-state index contributed by atoms with van der Waals surface area (Å²) in [6, 6.07) is 1.00. The number of nitrogens with one attached hydrogen (secondary N) is 2. The molecule has 0 aliphatic rings. The first-order valence-electron chi connectivity index (χ1n) is 6.26. The van der Waals surface area contributed by atoms with Gasteiger partial charge in [0, 0.05) is 12.6 Å². The maximum absolute atomic E-state index is 12.2. The van der Waals surface area contributed by atoms with Crippen molar-refractivity contribution in [2.75, 3.05) is 12.0 Å². The fourth-order valence-electron chi connectivity index (χ4n) is 1.29. The van der Waals surface area contributed by atoms with Gasteiger partial charge in [-0.3, -0.25) is 10.1 Å². The fourth-order valence-corrected chi connectivity index (χ4v) is 3.79. The number of rotatable bonds is 7. The zero-order valence-corrected chi connectivity index (χ0v) is 14.0. The summed E-state index contributed by atoms with van der Waals surface area (Å²) in [6.45, 7) is 8.14. The van der Waals surface area contributed by atoms with Gasteiger partial charge < -0.3 is 5.43 Å². The van der Waals surface area contributed by atoms with E-state index in [2.05, 4.69) is 10.1 Å². The molecular formula is C11H20N4O4S2. The summed E-state index contributed by atoms with van der Waals surface area (Å²) in [6.07, 6.45) is 0. The molecule has 0 atom stereocenters. The second-order valence-electron chi connectivity index (χ2n) is 5.65. The van der Waals surface area contributed by atoms with Gasteiger partial charge in [0.15, 0.2) is 5.00 Å². The van der Waals surface area contributed by atoms with Gasteiger partial charge in [0.05, 0.1) is 4.92 Å². The third kappa shape index (κ3) is 4.13. The van der Waals surface area contributed by atoms with E-state index in [-0.39, 0.29) is 32.8 Å². The van der Waals surface area contributed by atoms with E-state index in [1.54, 1.807) is 0 Å². The number of anilines is 1. The summed E-state index contributed by atoms with van der Waals surface area (Å²) < 4.78 is 26.8. The fraction of sp³-hybridized carbons (Fsp3) is 0.636. The van der Waals surface area contributed by atoms with Crippen LogP contribution in [0, 0.1) is 21.4 Å². The minimum atomic E-state index is -3.80. The highest BCUT2D eigenvalue weighted by Crippen LogP contribution is 2.36. The van der Waals surface area contributed by atoms with Crippen LogP contribution >= 0.6 is 11.3 Å². The van der Waals surface area contributed by atoms with Crippen LogP contribution in [-0.2, 0) is 10.0 Å². The van der Waals surface area contributed by atoms with Crippen LogP contribution in [0.1, 0.15) is 27.7 Å². The Hall–Kier alpha value is -1.23. The predicted octanol–water partition coefficient (Wildman–Crippen LogP) is 1.90. The topological polar surface area (TPSA) is 127 Å². The lowest BCUT2D eigenvalue weighted by Crippen LogP contribution is -2.36. The van der Waals surface area contributed by atoms with Gasteiger partial charge >= 0.3 is 5.69 Å². The minimum Gasteiger partial charge on any atom is -0.310 e. The number of nitro groups is 1. The lowest BCUT2D eigenvalue weighted by molar-refractivity contribution is -0.383. The molecule has 1 aromatic heterocycles. The van der Waals surface area contributed by atoms with Crippen LogP contribution in [0.15, 0.2) is 10.3 Å². The normalized spacial score (nSPS) is 12.7. The van der Waals surface area contributed by atoms with Gasteiger partial charge in [-0.15, -0.1) is 0 Å². The molecule has 1 aromatic rings. The maximum Gasteiger partial charge on any atom is 0.306 e. The van der Waals surface area contributed by atoms with Gasteiger partial charge in [0.2, 0.25) is 10.0 Å². The average molecular weight is 336 g/mol. The molecule has 0 saturated heterocycles. The lowest BCUT2D eigenvalue weighted by atomic mass is 9.81. The van der Waals surface area contributed by atoms with Crippen LogP contribution in [0.3, 0.4) is 0 Å². The molecule has 0 fully saturated rings. The largest absolute Gasteiger partial charge is 0.310 e. The number of hydrogen-bond acceptors (Lipinski definition) is 7. The molecular weight excluding hydrogens is 316 g/mol. The summed E-state index contributed by atoms with van der Waals surface area (Å²) in [5, 5.41) is 10.8. The van der Waals surface area contributed by atoms with Crippen molar-refractivity contribution < 1.29 is 13.3 Å². The zero-order chi connectivity index (χ0) is 16.4. The molecule has 120 valence electrons. The number of nitrogens with two attached hydrogens (primary N) is 1. The van der Waals surface area contributed by atoms with E-state index < -0.39 is 14.9 Å². The Bertz CT molecular complexity index is 622. The molecule has 0 bridgehead atoms. The maximum atomic E-state index is 12.2. The Morgan fingerprint density at radius 3 is 2.43 bits per heavy atom. The molecule has 1 rings (SSSR count). The SMILES string of the molecule is CC(C)C(C)(C)CNS(=O)(=O)c1cc([N+](=O)[O-])c(NN)s1. The molecule has 0 aromatic carbocycles. The van der Waals surface area contributed by atoms with E-state index in [9.17, 15) is 18.5 Å². The van der Waals surface area contributed by atoms with Crippen molar-refractivity contribution in [1.29, 1.82) is 0 Å². The van der Waals surface area contributed by atoms with Crippen LogP contribution in [0.5, 0.6) is 0 Å². The Morgan fingerprint density at radius 1 is 1.48 bits per heavy atom. The number of nitrogens with zero attached hydrogens (tertiary/aromatic N) is 1. The Kier molecular flexibility index (Phi) is 5.31. The van der Waals surface area contributed by atoms with Crippen LogP contribution in [0.2, 0.25) is 0 Å². The van der Waals surface area contributed by atoms with E-state index >= 15 is 0 Å². The number of thiophene rings is 1. The third-order valence-electron chi connectivity index (χ3n) is 3.56. The molecule has 21 heavy (non-hydrogen) atoms. The first-order chi connectivity index (χ1) is 9.51. The first kappa shape index (κ1) is 17.8. The van der Waals surface area contributed by atoms with E-state index in [1.807, 2.05) is 27.7 Å². The molecule has 4 N–H and O–H groups in total. The monoisotopic (exact) mass is 336 g/mol. The lowest BCUT2D eigenvalue weighted by Gasteiger charge is -2.29. The summed E-state index contributed by atoms with van der Waals surface area (Å²) in [5.41, 5.74) is 1.56. The van der Waals surface area contributed by atoms with Gasteiger partial charge in [0.25, 0.3) is 0 Å². The minimum absolute atomic E-state index is 0.00324. The Balaban J connectivity index is 3.01. The van der Waals surface area contributed by atoms with Crippen molar-refractivity contribution in [3.05, 3.63) is 16.2 Å². The second-order valence-corrected chi connectivity index (χ2v) is 8.70. The summed E-state index contributed by atoms with van der Waals surface area (Å²) >= 11 is 0.726. The van der Waals surface area contributed by atoms with Crippen LogP contribution in [0.4, 0.5) is 10.7 Å². The molecule has 8 nitrogen and oxygen atoms in total. The summed E-state index contributed by atoms with van der Waals surface area (Å²) in [5.74, 6) is 5.45. The van der Waals surface area contributed by atoms with Crippen LogP contribution < -0.4 is 16.0 Å². The molecule has 10 heteroatoms. The van der Waals surface area contributed by atoms with E-state index in [4.69, 9.17) is 5.84 Å². The molecule has 0 unspecified atom stereocenters. The van der Waals surface area contributed by atoms with Gasteiger partial charge in [0.1, 0.15) is 4.21 Å². The van der Waals surface area contributed by atoms with Crippen LogP contribution in [-0.4, -0.2) is 19.9 Å². The highest BCUT2D eigenvalue weighted by molar-refractivity contribution is 7.91. The number of sulfonamides is 1. The van der Waals surface area contributed by atoms with Crippen molar-refractivity contribution in [1.82, 2.24) is 4.72 Å². The summed E-state index contributed by atoms with van der Waals surface area (Å²) in [7, 11) is -3.80. The molecule has 0 spiro atoms. The van der Waals surface area contributed by atoms with Gasteiger partial charge in [-0.25, -0.2) is 19.0 Å². The third-order valence-corrected chi connectivity index (χ3v) is 6.49. The van der Waals surface area contributed by atoms with Crippen molar-refractivity contribution in [2.45, 2.75) is 31.9 Å². The van der Waals surface area contributed by atoms with Crippen molar-refractivity contribution >= 4 is 32.0 Å². The number of nitrogen functional groups attached to an aromatic ring is 1. The number of hydrazine groups is 1. The highest BCUT2D eigenvalue weighted by Gasteiger charge is 2.29. The standard InChI is InChI=1S/C11H20N4O4S2/c1-7(2)11(3,4)6-13-21(18,19)9-5-8(15(16)17)10(14-12)20-9/h5,7,13-14H,6,12H2,1-4H3. The Labute approximate surface area is 127 Å². The molecule has 1 heterocycles. The highest BCUT2D eigenvalue weighted by atomic mass is 32.2. The van der Waals surface area contributed by atoms with E-state index in [0.29, 0.717) is 0 Å². The Morgan fingerprint density at radius 2 is 2.05 bits per heavy atom. The van der Waals surface area contributed by atoms with Crippen molar-refractivity contribution in [2.24, 2.45) is 17.2 Å². The summed E-state index contributed by atoms with van der Waals surface area (Å²) in [4.78, 5) is 10.2. The average Bonchev–Trinajstić information content (AvgIpc) is 2.81. The number of hydrogen-bond donors (Lipinski definition) is 3. The van der Waals surface area contributed by atoms with Gasteiger partial charge in [-0.2, -0.15) is 0 Å². The molecule has 0 saturated carbocycles. The van der Waals surface area contributed by atoms with Crippen molar-refractivity contribution in [3.8, 4) is 0 Å². The molecule has 0 amide bonds. The van der Waals surface area contributed by atoms with Gasteiger partial charge in [-0.05, 0) is 11.3 Å². The quantitative estimate of drug-likeness (QED) is 0.396. The molecule has 0 radical (unpaired) electrons. The van der Waals surface area contributed by atoms with E-state index in [1.165, 1.54) is 0 Å². The molecule has 0 aliphatic carbocycles. The van der Waals surface area contributed by atoms with Crippen LogP contribution in [0.25, 0.3) is 0 Å². The predicted molar refractivity (Wildman–Crippen MR) is 82.6 cm³/mol. The second kappa shape index (κ2) is 6.26. The van der Waals surface area contributed by atoms with E-state index in [0.717, 1.165) is 17.4 Å². The smallest absolute Gasteiger partial charge is 0.306 e. The first-order valence-corrected chi connectivity index (χ1v) is 8.55. The van der Waals surface area contributed by atoms with Gasteiger partial charge in [-0.1, -0.05) is 39.0 Å². The van der Waals surface area contributed by atoms with Crippen molar-refractivity contribution in [3.63, 3.8) is 0 Å². The molecule has 0 aliphatic heterocycles. The zero-order valence-electron chi connectivity index (χ0n) is 12.3.